The van der Waals surface area contributed by atoms with Gasteiger partial charge in [-0.3, -0.25) is 4.79 Å². The van der Waals surface area contributed by atoms with Crippen molar-refractivity contribution in [1.82, 2.24) is 19.2 Å². The molecule has 2 aromatic heterocycles. The van der Waals surface area contributed by atoms with Crippen LogP contribution in [0.2, 0.25) is 0 Å². The molecule has 29 heavy (non-hydrogen) atoms. The summed E-state index contributed by atoms with van der Waals surface area (Å²) in [6.45, 7) is 7.97. The molecular weight excluding hydrogens is 360 g/mol. The Kier molecular flexibility index (Phi) is 3.54. The molecule has 4 saturated carbocycles. The zero-order valence-corrected chi connectivity index (χ0v) is 17.9. The highest BCUT2D eigenvalue weighted by Gasteiger charge is 2.56. The summed E-state index contributed by atoms with van der Waals surface area (Å²) in [6.07, 6.45) is 11.7. The lowest BCUT2D eigenvalue weighted by Gasteiger charge is -2.56. The van der Waals surface area contributed by atoms with E-state index in [-0.39, 0.29) is 11.0 Å². The highest BCUT2D eigenvalue weighted by molar-refractivity contribution is 5.84. The van der Waals surface area contributed by atoms with Gasteiger partial charge in [-0.15, -0.1) is 0 Å². The highest BCUT2D eigenvalue weighted by Crippen LogP contribution is 2.60. The average Bonchev–Trinajstić information content (AvgIpc) is 3.34. The monoisotopic (exact) mass is 392 g/mol. The fraction of sp³-hybridized carbons (Fsp3) is 0.667. The molecule has 0 spiro atoms. The van der Waals surface area contributed by atoms with E-state index in [9.17, 15) is 4.79 Å². The first-order chi connectivity index (χ1) is 13.8. The third-order valence-electron chi connectivity index (χ3n) is 7.99. The Morgan fingerprint density at radius 1 is 1.00 bits per heavy atom. The maximum Gasteiger partial charge on any atom is 0.229 e. The zero-order chi connectivity index (χ0) is 20.0. The summed E-state index contributed by atoms with van der Waals surface area (Å²) in [6, 6.07) is 4.11. The van der Waals surface area contributed by atoms with Crippen molar-refractivity contribution in [2.75, 3.05) is 0 Å². The fourth-order valence-electron chi connectivity index (χ4n) is 7.26. The van der Waals surface area contributed by atoms with Crippen molar-refractivity contribution in [3.8, 4) is 5.82 Å². The summed E-state index contributed by atoms with van der Waals surface area (Å²) in [5.41, 5.74) is 2.15. The lowest BCUT2D eigenvalue weighted by molar-refractivity contribution is -0.158. The second-order valence-electron chi connectivity index (χ2n) is 11.3. The molecule has 0 N–H and O–H groups in total. The quantitative estimate of drug-likeness (QED) is 0.756. The van der Waals surface area contributed by atoms with Gasteiger partial charge in [0.15, 0.2) is 0 Å². The van der Waals surface area contributed by atoms with Crippen LogP contribution in [0.1, 0.15) is 70.6 Å². The van der Waals surface area contributed by atoms with Gasteiger partial charge in [-0.25, -0.2) is 4.68 Å². The first-order valence-electron chi connectivity index (χ1n) is 11.4. The van der Waals surface area contributed by atoms with Crippen LogP contribution in [0.5, 0.6) is 0 Å². The molecule has 0 saturated heterocycles. The minimum Gasteiger partial charge on any atom is -0.332 e. The predicted octanol–water partition coefficient (Wildman–Crippen LogP) is 4.49. The number of amides is 1. The van der Waals surface area contributed by atoms with Crippen molar-refractivity contribution >= 4 is 5.91 Å². The number of carbonyl (C=O) groups excluding carboxylic acids is 1. The van der Waals surface area contributed by atoms with E-state index < -0.39 is 0 Å². The van der Waals surface area contributed by atoms with Crippen LogP contribution < -0.4 is 0 Å². The normalized spacial score (nSPS) is 32.8. The van der Waals surface area contributed by atoms with E-state index in [1.165, 1.54) is 24.8 Å². The summed E-state index contributed by atoms with van der Waals surface area (Å²) >= 11 is 0. The van der Waals surface area contributed by atoms with Crippen LogP contribution in [0.4, 0.5) is 0 Å². The molecule has 5 aliphatic rings. The van der Waals surface area contributed by atoms with Crippen LogP contribution in [-0.4, -0.2) is 25.2 Å². The van der Waals surface area contributed by atoms with Gasteiger partial charge in [-0.2, -0.15) is 5.10 Å². The van der Waals surface area contributed by atoms with Gasteiger partial charge in [-0.05, 0) is 89.2 Å². The second-order valence-corrected chi connectivity index (χ2v) is 11.3. The summed E-state index contributed by atoms with van der Waals surface area (Å²) in [4.78, 5) is 16.0. The van der Waals surface area contributed by atoms with Crippen LogP contribution >= 0.6 is 0 Å². The molecule has 4 fully saturated rings. The number of hydrogen-bond acceptors (Lipinski definition) is 2. The lowest BCUT2D eigenvalue weighted by Crippen LogP contribution is -2.53. The molecule has 3 heterocycles. The van der Waals surface area contributed by atoms with Gasteiger partial charge in [0.05, 0.1) is 29.7 Å². The Bertz CT molecular complexity index is 927. The minimum atomic E-state index is -0.0985. The smallest absolute Gasteiger partial charge is 0.229 e. The van der Waals surface area contributed by atoms with E-state index in [2.05, 4.69) is 59.4 Å². The van der Waals surface area contributed by atoms with E-state index in [0.29, 0.717) is 19.0 Å². The largest absolute Gasteiger partial charge is 0.332 e. The highest BCUT2D eigenvalue weighted by atomic mass is 16.2. The molecule has 5 nitrogen and oxygen atoms in total. The van der Waals surface area contributed by atoms with Crippen molar-refractivity contribution in [1.29, 1.82) is 0 Å². The topological polar surface area (TPSA) is 43.1 Å². The molecule has 0 aromatic carbocycles. The van der Waals surface area contributed by atoms with Gasteiger partial charge in [0.1, 0.15) is 5.82 Å². The molecule has 5 heteroatoms. The van der Waals surface area contributed by atoms with Crippen LogP contribution in [0.3, 0.4) is 0 Å². The number of nitrogens with zero attached hydrogens (tertiary/aromatic N) is 4. The van der Waals surface area contributed by atoms with Crippen molar-refractivity contribution in [3.63, 3.8) is 0 Å². The molecule has 2 aromatic rings. The molecular formula is C24H32N4O. The van der Waals surface area contributed by atoms with E-state index in [1.807, 2.05) is 0 Å². The van der Waals surface area contributed by atoms with Gasteiger partial charge >= 0.3 is 0 Å². The first-order valence-corrected chi connectivity index (χ1v) is 11.4. The van der Waals surface area contributed by atoms with Crippen molar-refractivity contribution in [2.45, 2.75) is 77.9 Å². The minimum absolute atomic E-state index is 0.0637. The van der Waals surface area contributed by atoms with Crippen LogP contribution in [0.25, 0.3) is 5.82 Å². The number of fused-ring (bicyclic) bond motifs is 1. The van der Waals surface area contributed by atoms with Gasteiger partial charge in [0.2, 0.25) is 5.91 Å². The van der Waals surface area contributed by atoms with Crippen LogP contribution in [0.15, 0.2) is 24.5 Å². The first kappa shape index (κ1) is 17.8. The summed E-state index contributed by atoms with van der Waals surface area (Å²) < 4.78 is 4.31. The zero-order valence-electron chi connectivity index (χ0n) is 17.9. The predicted molar refractivity (Wildman–Crippen MR) is 111 cm³/mol. The number of rotatable bonds is 2. The molecule has 154 valence electrons. The SMILES string of the molecule is CC(C)(C)n1nc2c(c1-n1cccc1)CN(C(=O)C13CC4CC(CC(C4)C1)C3)C2. The summed E-state index contributed by atoms with van der Waals surface area (Å²) in [5.74, 6) is 3.95. The maximum absolute atomic E-state index is 13.8. The summed E-state index contributed by atoms with van der Waals surface area (Å²) in [7, 11) is 0. The second kappa shape index (κ2) is 5.77. The Balaban J connectivity index is 1.33. The Hall–Kier alpha value is -2.04. The van der Waals surface area contributed by atoms with E-state index in [4.69, 9.17) is 5.10 Å². The molecule has 7 rings (SSSR count). The molecule has 4 aliphatic carbocycles. The Labute approximate surface area is 173 Å². The van der Waals surface area contributed by atoms with Gasteiger partial charge < -0.3 is 9.47 Å². The standard InChI is InChI=1S/C24H32N4O/c1-23(2,3)28-21(26-6-4-5-7-26)19-14-27(15-20(19)25-28)22(29)24-11-16-8-17(12-24)10-18(9-16)13-24/h4-7,16-18H,8-15H2,1-3H3. The van der Waals surface area contributed by atoms with Crippen LogP contribution in [-0.2, 0) is 23.4 Å². The fourth-order valence-corrected chi connectivity index (χ4v) is 7.26. The molecule has 0 atom stereocenters. The molecule has 0 unspecified atom stereocenters. The van der Waals surface area contributed by atoms with E-state index in [0.717, 1.165) is 48.5 Å². The molecule has 4 bridgehead atoms. The molecule has 1 aliphatic heterocycles. The maximum atomic E-state index is 13.8. The van der Waals surface area contributed by atoms with Gasteiger partial charge in [0.25, 0.3) is 0 Å². The van der Waals surface area contributed by atoms with Gasteiger partial charge in [0, 0.05) is 18.0 Å². The molecule has 1 amide bonds. The molecule has 0 radical (unpaired) electrons. The number of carbonyl (C=O) groups is 1. The average molecular weight is 393 g/mol. The Morgan fingerprint density at radius 2 is 1.59 bits per heavy atom. The van der Waals surface area contributed by atoms with Crippen molar-refractivity contribution < 1.29 is 4.79 Å². The van der Waals surface area contributed by atoms with E-state index in [1.54, 1.807) is 0 Å². The summed E-state index contributed by atoms with van der Waals surface area (Å²) in [5, 5.41) is 5.00. The van der Waals surface area contributed by atoms with Crippen molar-refractivity contribution in [2.24, 2.45) is 23.2 Å². The van der Waals surface area contributed by atoms with Crippen molar-refractivity contribution in [3.05, 3.63) is 35.8 Å². The van der Waals surface area contributed by atoms with Crippen LogP contribution in [0, 0.1) is 23.2 Å². The third-order valence-corrected chi connectivity index (χ3v) is 7.99. The third kappa shape index (κ3) is 2.58. The number of hydrogen-bond donors (Lipinski definition) is 0. The Morgan fingerprint density at radius 3 is 2.14 bits per heavy atom. The van der Waals surface area contributed by atoms with Gasteiger partial charge in [-0.1, -0.05) is 0 Å². The van der Waals surface area contributed by atoms with E-state index >= 15 is 0 Å². The lowest BCUT2D eigenvalue weighted by atomic mass is 9.49. The number of aromatic nitrogens is 3.